The second-order valence-electron chi connectivity index (χ2n) is 6.37. The molecule has 2 saturated carbocycles. The second kappa shape index (κ2) is 4.87. The predicted octanol–water partition coefficient (Wildman–Crippen LogP) is 2.36. The lowest BCUT2D eigenvalue weighted by Crippen LogP contribution is -2.52. The van der Waals surface area contributed by atoms with Gasteiger partial charge >= 0.3 is 0 Å². The van der Waals surface area contributed by atoms with Gasteiger partial charge in [0.1, 0.15) is 0 Å². The molecule has 3 fully saturated rings. The molecular weight excluding hydrogens is 212 g/mol. The van der Waals surface area contributed by atoms with Crippen molar-refractivity contribution in [2.75, 3.05) is 6.61 Å². The molecule has 2 aliphatic carbocycles. The highest BCUT2D eigenvalue weighted by atomic mass is 16.5. The summed E-state index contributed by atoms with van der Waals surface area (Å²) in [5.74, 6) is 7.39. The zero-order valence-electron chi connectivity index (χ0n) is 10.8. The maximum absolute atomic E-state index is 6.11. The molecule has 2 unspecified atom stereocenters. The summed E-state index contributed by atoms with van der Waals surface area (Å²) in [5, 5.41) is 0. The molecule has 0 amide bonds. The van der Waals surface area contributed by atoms with Crippen molar-refractivity contribution in [2.24, 2.45) is 17.7 Å². The first-order valence-corrected chi connectivity index (χ1v) is 7.43. The molecule has 0 aromatic carbocycles. The highest BCUT2D eigenvalue weighted by Crippen LogP contribution is 2.45. The Balaban J connectivity index is 1.65. The quantitative estimate of drug-likeness (QED) is 0.586. The molecule has 1 saturated heterocycles. The van der Waals surface area contributed by atoms with Gasteiger partial charge in [0.05, 0.1) is 5.60 Å². The molecule has 3 nitrogen and oxygen atoms in total. The Labute approximate surface area is 104 Å². The summed E-state index contributed by atoms with van der Waals surface area (Å²) in [4.78, 5) is 0. The Hall–Kier alpha value is -0.120. The van der Waals surface area contributed by atoms with Crippen LogP contribution in [-0.4, -0.2) is 18.2 Å². The molecule has 3 aliphatic rings. The third-order valence-corrected chi connectivity index (χ3v) is 5.40. The van der Waals surface area contributed by atoms with Crippen molar-refractivity contribution in [3.05, 3.63) is 0 Å². The lowest BCUT2D eigenvalue weighted by atomic mass is 9.70. The van der Waals surface area contributed by atoms with Gasteiger partial charge in [-0.25, -0.2) is 0 Å². The number of hydrogen-bond donors (Lipinski definition) is 2. The first kappa shape index (κ1) is 11.9. The summed E-state index contributed by atoms with van der Waals surface area (Å²) >= 11 is 0. The highest BCUT2D eigenvalue weighted by molar-refractivity contribution is 4.96. The molecule has 3 N–H and O–H groups in total. The summed E-state index contributed by atoms with van der Waals surface area (Å²) in [6, 6.07) is 0.546. The minimum absolute atomic E-state index is 0.238. The van der Waals surface area contributed by atoms with Crippen LogP contribution < -0.4 is 11.3 Å². The van der Waals surface area contributed by atoms with Crippen LogP contribution in [0.2, 0.25) is 0 Å². The zero-order chi connectivity index (χ0) is 11.7. The van der Waals surface area contributed by atoms with Gasteiger partial charge in [0.15, 0.2) is 0 Å². The van der Waals surface area contributed by atoms with Crippen molar-refractivity contribution in [1.82, 2.24) is 5.43 Å². The molecule has 0 radical (unpaired) electrons. The fourth-order valence-corrected chi connectivity index (χ4v) is 4.20. The van der Waals surface area contributed by atoms with Gasteiger partial charge in [-0.15, -0.1) is 0 Å². The molecule has 98 valence electrons. The van der Waals surface area contributed by atoms with Gasteiger partial charge in [-0.05, 0) is 50.4 Å². The summed E-state index contributed by atoms with van der Waals surface area (Å²) in [6.07, 6.45) is 11.9. The van der Waals surface area contributed by atoms with E-state index in [2.05, 4.69) is 5.43 Å². The van der Waals surface area contributed by atoms with E-state index >= 15 is 0 Å². The number of hydrazine groups is 1. The van der Waals surface area contributed by atoms with Crippen molar-refractivity contribution in [1.29, 1.82) is 0 Å². The van der Waals surface area contributed by atoms with Crippen LogP contribution in [0, 0.1) is 11.8 Å². The molecule has 0 aromatic rings. The fraction of sp³-hybridized carbons (Fsp3) is 1.00. The molecule has 1 spiro atoms. The molecule has 3 rings (SSSR count). The second-order valence-corrected chi connectivity index (χ2v) is 6.37. The highest BCUT2D eigenvalue weighted by Gasteiger charge is 2.43. The van der Waals surface area contributed by atoms with Crippen LogP contribution >= 0.6 is 0 Å². The van der Waals surface area contributed by atoms with Crippen LogP contribution in [0.25, 0.3) is 0 Å². The average molecular weight is 238 g/mol. The van der Waals surface area contributed by atoms with E-state index in [-0.39, 0.29) is 5.60 Å². The lowest BCUT2D eigenvalue weighted by molar-refractivity contribution is -0.103. The largest absolute Gasteiger partial charge is 0.375 e. The smallest absolute Gasteiger partial charge is 0.0685 e. The van der Waals surface area contributed by atoms with Gasteiger partial charge in [-0.3, -0.25) is 11.3 Å². The minimum Gasteiger partial charge on any atom is -0.375 e. The van der Waals surface area contributed by atoms with Crippen molar-refractivity contribution >= 4 is 0 Å². The molecule has 1 aliphatic heterocycles. The van der Waals surface area contributed by atoms with Crippen LogP contribution in [0.1, 0.15) is 57.8 Å². The third kappa shape index (κ3) is 2.25. The number of nitrogens with two attached hydrogens (primary N) is 1. The van der Waals surface area contributed by atoms with Crippen molar-refractivity contribution < 1.29 is 4.74 Å². The summed E-state index contributed by atoms with van der Waals surface area (Å²) in [7, 11) is 0. The standard InChI is InChI=1S/C14H26N2O/c15-16-13(11-4-3-5-11)12-6-9-17-14(10-12)7-1-2-8-14/h11-13,16H,1-10,15H2. The van der Waals surface area contributed by atoms with Crippen molar-refractivity contribution in [3.63, 3.8) is 0 Å². The molecule has 17 heavy (non-hydrogen) atoms. The van der Waals surface area contributed by atoms with Gasteiger partial charge in [0, 0.05) is 12.6 Å². The van der Waals surface area contributed by atoms with Crippen molar-refractivity contribution in [2.45, 2.75) is 69.4 Å². The number of ether oxygens (including phenoxy) is 1. The van der Waals surface area contributed by atoms with Gasteiger partial charge < -0.3 is 4.74 Å². The number of rotatable bonds is 3. The summed E-state index contributed by atoms with van der Waals surface area (Å²) in [5.41, 5.74) is 3.36. The van der Waals surface area contributed by atoms with Crippen LogP contribution in [0.5, 0.6) is 0 Å². The topological polar surface area (TPSA) is 47.3 Å². The Bertz CT molecular complexity index is 259. The normalized spacial score (nSPS) is 34.8. The van der Waals surface area contributed by atoms with E-state index in [1.54, 1.807) is 0 Å². The van der Waals surface area contributed by atoms with E-state index in [1.165, 1.54) is 57.8 Å². The predicted molar refractivity (Wildman–Crippen MR) is 68.3 cm³/mol. The van der Waals surface area contributed by atoms with E-state index in [0.717, 1.165) is 18.4 Å². The monoisotopic (exact) mass is 238 g/mol. The SMILES string of the molecule is NNC(C1CCC1)C1CCOC2(CCCC2)C1. The third-order valence-electron chi connectivity index (χ3n) is 5.40. The number of nitrogens with one attached hydrogen (secondary N) is 1. The maximum atomic E-state index is 6.11. The van der Waals surface area contributed by atoms with Crippen LogP contribution in [0.3, 0.4) is 0 Å². The van der Waals surface area contributed by atoms with Gasteiger partial charge in [-0.2, -0.15) is 0 Å². The summed E-state index contributed by atoms with van der Waals surface area (Å²) < 4.78 is 6.11. The molecule has 1 heterocycles. The minimum atomic E-state index is 0.238. The lowest BCUT2D eigenvalue weighted by Gasteiger charge is -2.45. The molecule has 0 aromatic heterocycles. The zero-order valence-corrected chi connectivity index (χ0v) is 10.8. The average Bonchev–Trinajstić information content (AvgIpc) is 2.71. The van der Waals surface area contributed by atoms with E-state index in [9.17, 15) is 0 Å². The Morgan fingerprint density at radius 1 is 1.06 bits per heavy atom. The van der Waals surface area contributed by atoms with E-state index < -0.39 is 0 Å². The first-order valence-electron chi connectivity index (χ1n) is 7.43. The maximum Gasteiger partial charge on any atom is 0.0685 e. The van der Waals surface area contributed by atoms with E-state index in [0.29, 0.717) is 6.04 Å². The molecule has 0 bridgehead atoms. The van der Waals surface area contributed by atoms with Gasteiger partial charge in [-0.1, -0.05) is 19.3 Å². The van der Waals surface area contributed by atoms with Crippen LogP contribution in [0.4, 0.5) is 0 Å². The van der Waals surface area contributed by atoms with Crippen LogP contribution in [-0.2, 0) is 4.74 Å². The summed E-state index contributed by atoms with van der Waals surface area (Å²) in [6.45, 7) is 0.954. The first-order chi connectivity index (χ1) is 8.33. The van der Waals surface area contributed by atoms with E-state index in [1.807, 2.05) is 0 Å². The fourth-order valence-electron chi connectivity index (χ4n) is 4.20. The number of hydrogen-bond acceptors (Lipinski definition) is 3. The van der Waals surface area contributed by atoms with Gasteiger partial charge in [0.25, 0.3) is 0 Å². The molecule has 2 atom stereocenters. The Kier molecular flexibility index (Phi) is 3.42. The molecule has 3 heteroatoms. The molecular formula is C14H26N2O. The Morgan fingerprint density at radius 2 is 1.82 bits per heavy atom. The van der Waals surface area contributed by atoms with Crippen molar-refractivity contribution in [3.8, 4) is 0 Å². The van der Waals surface area contributed by atoms with E-state index in [4.69, 9.17) is 10.6 Å². The Morgan fingerprint density at radius 3 is 2.41 bits per heavy atom. The van der Waals surface area contributed by atoms with Gasteiger partial charge in [0.2, 0.25) is 0 Å². The van der Waals surface area contributed by atoms with Crippen LogP contribution in [0.15, 0.2) is 0 Å².